The van der Waals surface area contributed by atoms with Crippen molar-refractivity contribution in [3.8, 4) is 0 Å². The largest absolute Gasteiger partial charge is 0.477 e. The molecule has 0 aromatic rings. The van der Waals surface area contributed by atoms with Crippen molar-refractivity contribution in [1.82, 2.24) is 0 Å². The molecule has 4 aliphatic carbocycles. The zero-order valence-electron chi connectivity index (χ0n) is 26.5. The average molecular weight is 727 g/mol. The van der Waals surface area contributed by atoms with Crippen LogP contribution < -0.4 is 0 Å². The normalized spacial score (nSPS) is 30.6. The van der Waals surface area contributed by atoms with Crippen LogP contribution in [-0.2, 0) is 27.8 Å². The van der Waals surface area contributed by atoms with E-state index in [1.54, 1.807) is 14.2 Å². The van der Waals surface area contributed by atoms with E-state index >= 15 is 0 Å². The Hall–Kier alpha value is -1.06. The number of alkyl halides is 10. The molecular weight excluding hydrogens is 682 g/mol. The van der Waals surface area contributed by atoms with Gasteiger partial charge in [0.25, 0.3) is 0 Å². The molecule has 19 heteroatoms. The molecule has 0 aliphatic heterocycles. The van der Waals surface area contributed by atoms with Crippen molar-refractivity contribution in [2.24, 2.45) is 35.5 Å². The van der Waals surface area contributed by atoms with Gasteiger partial charge < -0.3 is 28.5 Å². The number of ether oxygens (including phenoxy) is 4. The Morgan fingerprint density at radius 3 is 1.49 bits per heavy atom. The van der Waals surface area contributed by atoms with Crippen LogP contribution >= 0.6 is 0 Å². The fourth-order valence-electron chi connectivity index (χ4n) is 6.21. The van der Waals surface area contributed by atoms with Gasteiger partial charge in [0, 0.05) is 14.2 Å². The molecule has 278 valence electrons. The number of aliphatic hydroxyl groups is 2. The zero-order valence-corrected chi connectivity index (χ0v) is 27.5. The number of hydrogen-bond donors (Lipinski definition) is 2. The molecule has 0 radical (unpaired) electrons. The van der Waals surface area contributed by atoms with Crippen molar-refractivity contribution in [2.45, 2.75) is 88.3 Å². The summed E-state index contributed by atoms with van der Waals surface area (Å²) in [5.41, 5.74) is 0. The second kappa shape index (κ2) is 17.2. The lowest BCUT2D eigenvalue weighted by Gasteiger charge is -2.29. The predicted octanol–water partition coefficient (Wildman–Crippen LogP) is 6.62. The Labute approximate surface area is 267 Å². The van der Waals surface area contributed by atoms with Gasteiger partial charge in [-0.05, 0) is 80.7 Å². The maximum absolute atomic E-state index is 12.9. The minimum Gasteiger partial charge on any atom is -0.398 e. The van der Waals surface area contributed by atoms with Gasteiger partial charge >= 0.3 is 33.0 Å². The first-order chi connectivity index (χ1) is 21.6. The Kier molecular flexibility index (Phi) is 15.4. The Balaban J connectivity index is 0.000000273. The summed E-state index contributed by atoms with van der Waals surface area (Å²) in [6, 6.07) is -9.56. The lowest BCUT2D eigenvalue weighted by atomic mass is 9.85. The summed E-state index contributed by atoms with van der Waals surface area (Å²) in [5.74, 6) is 1.09. The van der Waals surface area contributed by atoms with Crippen LogP contribution in [0.25, 0.3) is 0 Å². The third-order valence-electron chi connectivity index (χ3n) is 9.13. The molecule has 3 saturated carbocycles. The maximum atomic E-state index is 12.9. The van der Waals surface area contributed by atoms with Gasteiger partial charge in [-0.3, -0.25) is 9.47 Å². The van der Waals surface area contributed by atoms with Crippen molar-refractivity contribution in [3.63, 3.8) is 0 Å². The van der Waals surface area contributed by atoms with E-state index in [1.165, 1.54) is 0 Å². The maximum Gasteiger partial charge on any atom is 0.477 e. The third kappa shape index (κ3) is 12.0. The summed E-state index contributed by atoms with van der Waals surface area (Å²) in [7, 11) is 1.70. The van der Waals surface area contributed by atoms with Crippen molar-refractivity contribution in [3.05, 3.63) is 12.2 Å². The summed E-state index contributed by atoms with van der Waals surface area (Å²) in [5, 5.41) is 16.8. The third-order valence-corrected chi connectivity index (χ3v) is 11.1. The van der Waals surface area contributed by atoms with Crippen LogP contribution in [0.15, 0.2) is 12.2 Å². The molecule has 4 aliphatic rings. The molecule has 0 heterocycles. The molecule has 4 bridgehead atoms. The standard InChI is InChI=1S/C12H17F5O3.C12H15F5O3.C4H12O2Si/c2*13-5-10(9-4-7-1-2-8(9)3-7)19-6-20-12(17,18)11(14,15)16;1-5-7(3,4)6-2/h7-10,18H,1-6H2;1-2,7-10,18H,3-6H2;1-4H3. The van der Waals surface area contributed by atoms with Crippen LogP contribution in [0.4, 0.5) is 43.9 Å². The van der Waals surface area contributed by atoms with Crippen LogP contribution in [0.3, 0.4) is 0 Å². The predicted molar refractivity (Wildman–Crippen MR) is 147 cm³/mol. The lowest BCUT2D eigenvalue weighted by molar-refractivity contribution is -0.439. The van der Waals surface area contributed by atoms with E-state index in [9.17, 15) is 43.9 Å². The van der Waals surface area contributed by atoms with Gasteiger partial charge in [0.2, 0.25) is 0 Å². The number of fused-ring (bicyclic) bond motifs is 4. The van der Waals surface area contributed by atoms with E-state index < -0.39 is 72.1 Å². The first-order valence-corrected chi connectivity index (χ1v) is 17.8. The lowest BCUT2D eigenvalue weighted by Crippen LogP contribution is -2.44. The van der Waals surface area contributed by atoms with E-state index in [4.69, 9.17) is 28.5 Å². The van der Waals surface area contributed by atoms with E-state index in [1.807, 2.05) is 25.2 Å². The minimum absolute atomic E-state index is 0.0686. The molecule has 0 aromatic carbocycles. The second-order valence-corrected chi connectivity index (χ2v) is 16.1. The van der Waals surface area contributed by atoms with Gasteiger partial charge in [-0.25, -0.2) is 8.78 Å². The summed E-state index contributed by atoms with van der Waals surface area (Å²) >= 11 is 0. The second-order valence-electron chi connectivity index (χ2n) is 12.5. The van der Waals surface area contributed by atoms with E-state index in [2.05, 4.69) is 9.47 Å². The highest BCUT2D eigenvalue weighted by atomic mass is 28.4. The summed E-state index contributed by atoms with van der Waals surface area (Å²) < 4.78 is 150. The fraction of sp³-hybridized carbons (Fsp3) is 0.929. The summed E-state index contributed by atoms with van der Waals surface area (Å²) in [6.07, 6.45) is -3.68. The van der Waals surface area contributed by atoms with Gasteiger partial charge in [-0.15, -0.1) is 0 Å². The number of halogens is 10. The SMILES string of the molecule is CO[Si](C)(C)OC.OC(F)(OCOC(CF)C1CC2C=CC1C2)C(F)(F)F.OC(F)(OCOC(CF)C1CC2CCC1C2)C(F)(F)F. The van der Waals surface area contributed by atoms with Crippen molar-refractivity contribution < 1.29 is 81.9 Å². The summed E-state index contributed by atoms with van der Waals surface area (Å²) in [4.78, 5) is 0. The molecule has 3 fully saturated rings. The first-order valence-electron chi connectivity index (χ1n) is 15.0. The molecule has 0 spiro atoms. The number of allylic oxidation sites excluding steroid dienone is 2. The number of hydrogen-bond acceptors (Lipinski definition) is 8. The fourth-order valence-corrected chi connectivity index (χ4v) is 6.38. The molecule has 10 unspecified atom stereocenters. The average Bonchev–Trinajstić information content (AvgIpc) is 3.80. The zero-order chi connectivity index (χ0) is 35.8. The van der Waals surface area contributed by atoms with Gasteiger partial charge in [-0.1, -0.05) is 18.6 Å². The quantitative estimate of drug-likeness (QED) is 0.0894. The van der Waals surface area contributed by atoms with Crippen LogP contribution in [0, 0.1) is 35.5 Å². The van der Waals surface area contributed by atoms with E-state index in [0.29, 0.717) is 24.2 Å². The van der Waals surface area contributed by atoms with Crippen LogP contribution in [0.2, 0.25) is 13.1 Å². The molecule has 47 heavy (non-hydrogen) atoms. The van der Waals surface area contributed by atoms with E-state index in [0.717, 1.165) is 32.1 Å². The van der Waals surface area contributed by atoms with Crippen molar-refractivity contribution >= 4 is 8.56 Å². The molecule has 0 aromatic heterocycles. The van der Waals surface area contributed by atoms with Crippen LogP contribution in [0.5, 0.6) is 0 Å². The van der Waals surface area contributed by atoms with Crippen LogP contribution in [-0.4, -0.2) is 96.6 Å². The highest BCUT2D eigenvalue weighted by molar-refractivity contribution is 6.64. The highest BCUT2D eigenvalue weighted by Gasteiger charge is 2.58. The summed E-state index contributed by atoms with van der Waals surface area (Å²) in [6.45, 7) is -0.0938. The molecule has 4 rings (SSSR count). The Bertz CT molecular complexity index is 963. The highest BCUT2D eigenvalue weighted by Crippen LogP contribution is 2.50. The molecule has 0 amide bonds. The first kappa shape index (κ1) is 42.1. The Morgan fingerprint density at radius 2 is 1.19 bits per heavy atom. The van der Waals surface area contributed by atoms with E-state index in [-0.39, 0.29) is 17.8 Å². The van der Waals surface area contributed by atoms with Gasteiger partial charge in [0.1, 0.15) is 13.3 Å². The molecule has 2 N–H and O–H groups in total. The Morgan fingerprint density at radius 1 is 0.702 bits per heavy atom. The van der Waals surface area contributed by atoms with Crippen molar-refractivity contribution in [1.29, 1.82) is 0 Å². The van der Waals surface area contributed by atoms with Crippen molar-refractivity contribution in [2.75, 3.05) is 41.2 Å². The molecule has 0 saturated heterocycles. The monoisotopic (exact) mass is 726 g/mol. The molecule has 10 atom stereocenters. The van der Waals surface area contributed by atoms with Gasteiger partial charge in [-0.2, -0.15) is 35.1 Å². The van der Waals surface area contributed by atoms with Gasteiger partial charge in [0.05, 0.1) is 12.2 Å². The number of rotatable bonds is 14. The topological polar surface area (TPSA) is 95.8 Å². The molecular formula is C28H44F10O8Si. The van der Waals surface area contributed by atoms with Gasteiger partial charge in [0.15, 0.2) is 13.6 Å². The smallest absolute Gasteiger partial charge is 0.398 e. The van der Waals surface area contributed by atoms with Crippen LogP contribution in [0.1, 0.15) is 38.5 Å². The molecule has 8 nitrogen and oxygen atoms in total. The minimum atomic E-state index is -5.59.